The molecule has 0 aliphatic carbocycles. The van der Waals surface area contributed by atoms with Gasteiger partial charge in [0, 0.05) is 43.0 Å². The van der Waals surface area contributed by atoms with E-state index in [-0.39, 0.29) is 57.8 Å². The number of halogens is 4. The number of H-pyrrole nitrogens is 1. The molecule has 15 heteroatoms. The first-order chi connectivity index (χ1) is 26.4. The fourth-order valence-electron chi connectivity index (χ4n) is 6.31. The smallest absolute Gasteiger partial charge is 0.418 e. The van der Waals surface area contributed by atoms with Crippen molar-refractivity contribution in [2.75, 3.05) is 38.0 Å². The average Bonchev–Trinajstić information content (AvgIpc) is 3.16. The maximum Gasteiger partial charge on any atom is 0.418 e. The molecule has 3 heterocycles. The highest BCUT2D eigenvalue weighted by Gasteiger charge is 2.38. The van der Waals surface area contributed by atoms with Gasteiger partial charge in [-0.1, -0.05) is 41.9 Å². The van der Waals surface area contributed by atoms with Gasteiger partial charge in [0.15, 0.2) is 5.75 Å². The highest BCUT2D eigenvalue weighted by atomic mass is 35.5. The summed E-state index contributed by atoms with van der Waals surface area (Å²) < 4.78 is 61.8. The molecular formula is C40H39ClF3N7O4. The van der Waals surface area contributed by atoms with E-state index in [1.54, 1.807) is 26.5 Å². The fourth-order valence-corrected chi connectivity index (χ4v) is 6.60. The summed E-state index contributed by atoms with van der Waals surface area (Å²) in [5.74, 6) is 1.84. The van der Waals surface area contributed by atoms with Crippen LogP contribution in [0.4, 0.5) is 24.8 Å². The van der Waals surface area contributed by atoms with E-state index >= 15 is 13.2 Å². The molecule has 6 aromatic rings. The Morgan fingerprint density at radius 1 is 0.964 bits per heavy atom. The minimum absolute atomic E-state index is 0.00671. The van der Waals surface area contributed by atoms with Crippen LogP contribution in [0, 0.1) is 6.92 Å². The topological polar surface area (TPSA) is 141 Å². The molecule has 0 unspecified atom stereocenters. The summed E-state index contributed by atoms with van der Waals surface area (Å²) in [4.78, 5) is 30.6. The predicted octanol–water partition coefficient (Wildman–Crippen LogP) is 7.90. The number of hydrogen-bond acceptors (Lipinski definition) is 10. The number of aromatic amines is 1. The number of ether oxygens (including phenoxy) is 3. The second-order valence-electron chi connectivity index (χ2n) is 12.8. The zero-order valence-electron chi connectivity index (χ0n) is 30.5. The molecule has 0 saturated carbocycles. The van der Waals surface area contributed by atoms with Crippen LogP contribution in [0.15, 0.2) is 90.1 Å². The number of nitrogen functional groups attached to an aromatic ring is 1. The molecule has 55 heavy (non-hydrogen) atoms. The van der Waals surface area contributed by atoms with Gasteiger partial charge in [-0.25, -0.2) is 15.0 Å². The van der Waals surface area contributed by atoms with E-state index in [0.717, 1.165) is 16.7 Å². The first-order valence-electron chi connectivity index (χ1n) is 17.2. The molecule has 0 saturated heterocycles. The Balaban J connectivity index is 1.44. The Morgan fingerprint density at radius 2 is 1.60 bits per heavy atom. The number of benzene rings is 3. The Morgan fingerprint density at radius 3 is 2.18 bits per heavy atom. The number of alkyl halides is 3. The van der Waals surface area contributed by atoms with Crippen LogP contribution in [0.25, 0.3) is 22.2 Å². The first kappa shape index (κ1) is 38.9. The number of nitrogens with one attached hydrogen (secondary N) is 2. The third-order valence-corrected chi connectivity index (χ3v) is 9.47. The van der Waals surface area contributed by atoms with Gasteiger partial charge < -0.3 is 35.1 Å². The zero-order valence-corrected chi connectivity index (χ0v) is 31.3. The van der Waals surface area contributed by atoms with Crippen molar-refractivity contribution < 1.29 is 27.4 Å². The quantitative estimate of drug-likeness (QED) is 0.0937. The Kier molecular flexibility index (Phi) is 11.8. The van der Waals surface area contributed by atoms with Gasteiger partial charge in [0.2, 0.25) is 0 Å². The van der Waals surface area contributed by atoms with Crippen LogP contribution in [0.2, 0.25) is 5.02 Å². The SMILES string of the molecule is COc1ccc(CN(Cc2ccc(OC)cc2)c2cc(C)c(C(F)(F)F)c(-c3cc4nc[nH]c(=O)c4c(OCCN[C@@H](C)c4cccnc4N)c3Cl)n2)cc1. The molecule has 286 valence electrons. The summed E-state index contributed by atoms with van der Waals surface area (Å²) in [6, 6.07) is 20.9. The number of aryl methyl sites for hydroxylation is 1. The van der Waals surface area contributed by atoms with Crippen LogP contribution in [-0.2, 0) is 19.3 Å². The van der Waals surface area contributed by atoms with Gasteiger partial charge in [-0.15, -0.1) is 0 Å². The van der Waals surface area contributed by atoms with E-state index in [9.17, 15) is 4.79 Å². The molecule has 6 rings (SSSR count). The van der Waals surface area contributed by atoms with Crippen LogP contribution in [0.3, 0.4) is 0 Å². The van der Waals surface area contributed by atoms with Crippen molar-refractivity contribution in [1.29, 1.82) is 0 Å². The number of pyridine rings is 2. The number of methoxy groups -OCH3 is 2. The van der Waals surface area contributed by atoms with Gasteiger partial charge in [-0.3, -0.25) is 4.79 Å². The largest absolute Gasteiger partial charge is 0.497 e. The molecule has 1 atom stereocenters. The van der Waals surface area contributed by atoms with E-state index in [2.05, 4.69) is 20.3 Å². The van der Waals surface area contributed by atoms with Crippen molar-refractivity contribution in [3.8, 4) is 28.5 Å². The molecule has 0 fully saturated rings. The van der Waals surface area contributed by atoms with Gasteiger partial charge in [-0.05, 0) is 73.0 Å². The Bertz CT molecular complexity index is 2290. The third-order valence-electron chi connectivity index (χ3n) is 9.09. The van der Waals surface area contributed by atoms with E-state index in [1.165, 1.54) is 25.4 Å². The molecule has 3 aromatic heterocycles. The molecule has 0 spiro atoms. The summed E-state index contributed by atoms with van der Waals surface area (Å²) in [7, 11) is 3.14. The van der Waals surface area contributed by atoms with Crippen molar-refractivity contribution in [1.82, 2.24) is 25.3 Å². The minimum Gasteiger partial charge on any atom is -0.497 e. The van der Waals surface area contributed by atoms with E-state index in [4.69, 9.17) is 36.5 Å². The van der Waals surface area contributed by atoms with Crippen LogP contribution in [0.5, 0.6) is 17.2 Å². The summed E-state index contributed by atoms with van der Waals surface area (Å²) in [6.07, 6.45) is -2.06. The van der Waals surface area contributed by atoms with Crippen LogP contribution in [-0.4, -0.2) is 47.3 Å². The molecule has 0 amide bonds. The van der Waals surface area contributed by atoms with Crippen molar-refractivity contribution >= 4 is 34.1 Å². The highest BCUT2D eigenvalue weighted by molar-refractivity contribution is 6.36. The van der Waals surface area contributed by atoms with Gasteiger partial charge in [-0.2, -0.15) is 13.2 Å². The van der Waals surface area contributed by atoms with Crippen molar-refractivity contribution in [2.45, 2.75) is 39.2 Å². The van der Waals surface area contributed by atoms with Crippen molar-refractivity contribution in [2.24, 2.45) is 0 Å². The number of nitrogens with two attached hydrogens (primary N) is 1. The van der Waals surface area contributed by atoms with Gasteiger partial charge in [0.05, 0.1) is 42.3 Å². The second kappa shape index (κ2) is 16.7. The molecule has 3 aromatic carbocycles. The van der Waals surface area contributed by atoms with Gasteiger partial charge in [0.25, 0.3) is 5.56 Å². The van der Waals surface area contributed by atoms with Crippen LogP contribution in [0.1, 0.15) is 40.8 Å². The predicted molar refractivity (Wildman–Crippen MR) is 207 cm³/mol. The van der Waals surface area contributed by atoms with Gasteiger partial charge in [0.1, 0.15) is 35.1 Å². The summed E-state index contributed by atoms with van der Waals surface area (Å²) in [5, 5.41) is 3.05. The fraction of sp³-hybridized carbons (Fsp3) is 0.250. The highest BCUT2D eigenvalue weighted by Crippen LogP contribution is 2.46. The number of hydrogen-bond donors (Lipinski definition) is 3. The van der Waals surface area contributed by atoms with Crippen LogP contribution < -0.4 is 35.7 Å². The average molecular weight is 774 g/mol. The number of aromatic nitrogens is 4. The molecule has 0 bridgehead atoms. The molecule has 11 nitrogen and oxygen atoms in total. The number of nitrogens with zero attached hydrogens (tertiary/aromatic N) is 4. The number of fused-ring (bicyclic) bond motifs is 1. The van der Waals surface area contributed by atoms with Gasteiger partial charge >= 0.3 is 6.18 Å². The third kappa shape index (κ3) is 8.76. The molecule has 4 N–H and O–H groups in total. The lowest BCUT2D eigenvalue weighted by molar-refractivity contribution is -0.137. The van der Waals surface area contributed by atoms with E-state index < -0.39 is 23.0 Å². The number of rotatable bonds is 14. The second-order valence-corrected chi connectivity index (χ2v) is 13.1. The molecule has 0 radical (unpaired) electrons. The maximum atomic E-state index is 15.0. The maximum absolute atomic E-state index is 15.0. The minimum atomic E-state index is -4.82. The first-order valence-corrected chi connectivity index (χ1v) is 17.6. The molecule has 0 aliphatic rings. The normalized spacial score (nSPS) is 12.1. The lowest BCUT2D eigenvalue weighted by Gasteiger charge is -2.27. The standard InChI is InChI=1S/C40H39ClF3N7O4/c1-23-18-32(51(20-25-7-11-27(53-3)12-8-25)21-26-9-13-28(54-4)14-10-26)50-36(34(23)40(42,43)44)30-19-31-33(39(52)49-22-48-31)37(35(30)41)55-17-16-46-24(2)29-6-5-15-47-38(29)45/h5-15,18-19,22,24,46H,16-17,20-21H2,1-4H3,(H2,45,47)(H,48,49,52)/t24-/m0/s1. The van der Waals surface area contributed by atoms with Crippen LogP contribution >= 0.6 is 11.6 Å². The number of anilines is 2. The van der Waals surface area contributed by atoms with E-state index in [0.29, 0.717) is 30.4 Å². The van der Waals surface area contributed by atoms with Crippen molar-refractivity contribution in [3.63, 3.8) is 0 Å². The monoisotopic (exact) mass is 773 g/mol. The lowest BCUT2D eigenvalue weighted by Crippen LogP contribution is -2.25. The Labute approximate surface area is 320 Å². The molecule has 0 aliphatic heterocycles. The summed E-state index contributed by atoms with van der Waals surface area (Å²) in [6.45, 7) is 4.13. The lowest BCUT2D eigenvalue weighted by atomic mass is 9.99. The summed E-state index contributed by atoms with van der Waals surface area (Å²) >= 11 is 6.98. The zero-order chi connectivity index (χ0) is 39.3. The van der Waals surface area contributed by atoms with Crippen molar-refractivity contribution in [3.05, 3.63) is 129 Å². The Hall–Kier alpha value is -5.86. The molecular weight excluding hydrogens is 735 g/mol. The van der Waals surface area contributed by atoms with E-state index in [1.807, 2.05) is 66.4 Å². The summed E-state index contributed by atoms with van der Waals surface area (Å²) in [5.41, 5.74) is 6.46.